The van der Waals surface area contributed by atoms with Crippen molar-refractivity contribution in [1.82, 2.24) is 4.90 Å². The molecule has 8 heteroatoms. The second-order valence-corrected chi connectivity index (χ2v) is 8.03. The third-order valence-electron chi connectivity index (χ3n) is 4.52. The molecule has 3 rings (SSSR count). The first kappa shape index (κ1) is 21.6. The third-order valence-corrected chi connectivity index (χ3v) is 5.44. The Balaban J connectivity index is 1.56. The molecule has 2 aromatic rings. The number of ether oxygens (including phenoxy) is 2. The van der Waals surface area contributed by atoms with Gasteiger partial charge in [-0.2, -0.15) is 0 Å². The maximum Gasteiger partial charge on any atom is 0.142 e. The summed E-state index contributed by atoms with van der Waals surface area (Å²) in [5.74, 6) is -0.000191. The standard InChI is InChI=1S/C20H21Cl3FNO3/c1-12-2-3-19(17(23)6-12)28-11-13(26)9-25-4-5-27-20(10-25)14-7-18(24)16(22)8-15(14)21/h2-3,6-8,13,20,26H,4-5,9-11H2,1H3. The predicted octanol–water partition coefficient (Wildman–Crippen LogP) is 4.91. The van der Waals surface area contributed by atoms with Crippen LogP contribution in [-0.2, 0) is 4.74 Å². The largest absolute Gasteiger partial charge is 0.489 e. The van der Waals surface area contributed by atoms with Crippen LogP contribution in [0.1, 0.15) is 17.2 Å². The number of nitrogens with zero attached hydrogens (tertiary/aromatic N) is 1. The summed E-state index contributed by atoms with van der Waals surface area (Å²) in [7, 11) is 0. The monoisotopic (exact) mass is 447 g/mol. The highest BCUT2D eigenvalue weighted by Crippen LogP contribution is 2.32. The first-order chi connectivity index (χ1) is 13.3. The maximum atomic E-state index is 13.8. The Morgan fingerprint density at radius 2 is 2.00 bits per heavy atom. The smallest absolute Gasteiger partial charge is 0.142 e. The van der Waals surface area contributed by atoms with Gasteiger partial charge in [-0.05, 0) is 36.8 Å². The van der Waals surface area contributed by atoms with Gasteiger partial charge in [0.2, 0.25) is 0 Å². The first-order valence-electron chi connectivity index (χ1n) is 8.89. The molecule has 1 fully saturated rings. The number of halogens is 4. The van der Waals surface area contributed by atoms with Gasteiger partial charge in [0.1, 0.15) is 24.3 Å². The summed E-state index contributed by atoms with van der Waals surface area (Å²) in [6, 6.07) is 8.17. The van der Waals surface area contributed by atoms with Crippen LogP contribution >= 0.6 is 34.8 Å². The van der Waals surface area contributed by atoms with Crippen molar-refractivity contribution < 1.29 is 19.0 Å². The van der Waals surface area contributed by atoms with Gasteiger partial charge in [0.05, 0.1) is 22.8 Å². The van der Waals surface area contributed by atoms with Crippen LogP contribution in [0.2, 0.25) is 15.1 Å². The van der Waals surface area contributed by atoms with E-state index in [1.165, 1.54) is 12.1 Å². The van der Waals surface area contributed by atoms with Gasteiger partial charge in [0.25, 0.3) is 0 Å². The zero-order valence-electron chi connectivity index (χ0n) is 15.3. The van der Waals surface area contributed by atoms with Crippen molar-refractivity contribution in [3.8, 4) is 5.75 Å². The fourth-order valence-electron chi connectivity index (χ4n) is 3.10. The molecule has 1 heterocycles. The SMILES string of the molecule is Cc1ccc(OCC(O)CN2CCOC(c3cc(F)c(Cl)cc3Cl)C2)c(Cl)c1. The van der Waals surface area contributed by atoms with E-state index in [0.29, 0.717) is 47.6 Å². The van der Waals surface area contributed by atoms with Gasteiger partial charge in [-0.3, -0.25) is 4.90 Å². The average molecular weight is 449 g/mol. The van der Waals surface area contributed by atoms with Gasteiger partial charge in [-0.15, -0.1) is 0 Å². The van der Waals surface area contributed by atoms with Gasteiger partial charge in [0, 0.05) is 30.2 Å². The van der Waals surface area contributed by atoms with E-state index in [0.717, 1.165) is 5.56 Å². The Labute approximate surface area is 178 Å². The summed E-state index contributed by atoms with van der Waals surface area (Å²) in [6.07, 6.45) is -1.11. The summed E-state index contributed by atoms with van der Waals surface area (Å²) in [5, 5.41) is 11.2. The van der Waals surface area contributed by atoms with E-state index in [1.54, 1.807) is 6.07 Å². The molecule has 2 aromatic carbocycles. The molecule has 1 saturated heterocycles. The Kier molecular flexibility index (Phi) is 7.42. The van der Waals surface area contributed by atoms with Crippen LogP contribution in [0.3, 0.4) is 0 Å². The number of morpholine rings is 1. The highest BCUT2D eigenvalue weighted by atomic mass is 35.5. The fraction of sp³-hybridized carbons (Fsp3) is 0.400. The average Bonchev–Trinajstić information content (AvgIpc) is 2.64. The quantitative estimate of drug-likeness (QED) is 0.638. The Morgan fingerprint density at radius 1 is 1.21 bits per heavy atom. The lowest BCUT2D eigenvalue weighted by Gasteiger charge is -2.34. The van der Waals surface area contributed by atoms with E-state index in [1.807, 2.05) is 24.0 Å². The summed E-state index contributed by atoms with van der Waals surface area (Å²) >= 11 is 18.1. The minimum atomic E-state index is -0.714. The molecule has 0 spiro atoms. The Morgan fingerprint density at radius 3 is 2.75 bits per heavy atom. The molecule has 28 heavy (non-hydrogen) atoms. The van der Waals surface area contributed by atoms with E-state index in [2.05, 4.69) is 0 Å². The molecule has 152 valence electrons. The number of hydrogen-bond donors (Lipinski definition) is 1. The van der Waals surface area contributed by atoms with Crippen molar-refractivity contribution in [3.05, 3.63) is 62.3 Å². The van der Waals surface area contributed by atoms with E-state index in [4.69, 9.17) is 44.3 Å². The molecule has 4 nitrogen and oxygen atoms in total. The molecule has 2 unspecified atom stereocenters. The van der Waals surface area contributed by atoms with E-state index in [-0.39, 0.29) is 11.6 Å². The van der Waals surface area contributed by atoms with Gasteiger partial charge in [-0.1, -0.05) is 40.9 Å². The number of benzene rings is 2. The second-order valence-electron chi connectivity index (χ2n) is 6.81. The number of aryl methyl sites for hydroxylation is 1. The summed E-state index contributed by atoms with van der Waals surface area (Å²) in [5.41, 5.74) is 1.58. The van der Waals surface area contributed by atoms with Crippen LogP contribution in [0, 0.1) is 12.7 Å². The van der Waals surface area contributed by atoms with Crippen LogP contribution in [-0.4, -0.2) is 49.0 Å². The molecular weight excluding hydrogens is 428 g/mol. The van der Waals surface area contributed by atoms with Crippen LogP contribution in [0.5, 0.6) is 5.75 Å². The number of aliphatic hydroxyl groups is 1. The van der Waals surface area contributed by atoms with Crippen molar-refractivity contribution in [2.75, 3.05) is 32.8 Å². The molecule has 0 aromatic heterocycles. The van der Waals surface area contributed by atoms with E-state index in [9.17, 15) is 9.50 Å². The van der Waals surface area contributed by atoms with E-state index >= 15 is 0 Å². The molecule has 0 aliphatic carbocycles. The molecule has 0 saturated carbocycles. The zero-order valence-corrected chi connectivity index (χ0v) is 17.6. The molecule has 2 atom stereocenters. The summed E-state index contributed by atoms with van der Waals surface area (Å²) in [6.45, 7) is 4.01. The molecular formula is C20H21Cl3FNO3. The Hall–Kier alpha value is -1.08. The van der Waals surface area contributed by atoms with Crippen LogP contribution in [0.25, 0.3) is 0 Å². The van der Waals surface area contributed by atoms with Crippen molar-refractivity contribution in [2.45, 2.75) is 19.1 Å². The van der Waals surface area contributed by atoms with Crippen molar-refractivity contribution in [3.63, 3.8) is 0 Å². The lowest BCUT2D eigenvalue weighted by Crippen LogP contribution is -2.43. The van der Waals surface area contributed by atoms with Crippen LogP contribution in [0.15, 0.2) is 30.3 Å². The van der Waals surface area contributed by atoms with Gasteiger partial charge >= 0.3 is 0 Å². The molecule has 1 N–H and O–H groups in total. The number of rotatable bonds is 6. The molecule has 0 bridgehead atoms. The molecule has 1 aliphatic rings. The van der Waals surface area contributed by atoms with Gasteiger partial charge < -0.3 is 14.6 Å². The lowest BCUT2D eigenvalue weighted by molar-refractivity contribution is -0.0460. The van der Waals surface area contributed by atoms with Crippen molar-refractivity contribution >= 4 is 34.8 Å². The highest BCUT2D eigenvalue weighted by molar-refractivity contribution is 6.35. The van der Waals surface area contributed by atoms with Crippen molar-refractivity contribution in [2.24, 2.45) is 0 Å². The van der Waals surface area contributed by atoms with E-state index < -0.39 is 18.0 Å². The normalized spacial score (nSPS) is 18.9. The number of β-amino-alcohol motifs (C(OH)–C–C–N with tert-alkyl or cyclic N) is 1. The first-order valence-corrected chi connectivity index (χ1v) is 10.0. The van der Waals surface area contributed by atoms with Gasteiger partial charge in [-0.25, -0.2) is 4.39 Å². The van der Waals surface area contributed by atoms with Crippen molar-refractivity contribution in [1.29, 1.82) is 0 Å². The highest BCUT2D eigenvalue weighted by Gasteiger charge is 2.26. The summed E-state index contributed by atoms with van der Waals surface area (Å²) in [4.78, 5) is 2.03. The van der Waals surface area contributed by atoms with Crippen LogP contribution < -0.4 is 4.74 Å². The molecule has 0 radical (unpaired) electrons. The zero-order chi connectivity index (χ0) is 20.3. The number of aliphatic hydroxyl groups excluding tert-OH is 1. The summed E-state index contributed by atoms with van der Waals surface area (Å²) < 4.78 is 25.2. The van der Waals surface area contributed by atoms with Crippen LogP contribution in [0.4, 0.5) is 4.39 Å². The third kappa shape index (κ3) is 5.50. The Bertz CT molecular complexity index is 837. The maximum absolute atomic E-state index is 13.8. The molecule has 1 aliphatic heterocycles. The van der Waals surface area contributed by atoms with Gasteiger partial charge in [0.15, 0.2) is 0 Å². The minimum absolute atomic E-state index is 0.0243. The fourth-order valence-corrected chi connectivity index (χ4v) is 3.90. The predicted molar refractivity (Wildman–Crippen MR) is 109 cm³/mol. The second kappa shape index (κ2) is 9.61. The molecule has 0 amide bonds. The minimum Gasteiger partial charge on any atom is -0.489 e. The topological polar surface area (TPSA) is 41.9 Å². The number of hydrogen-bond acceptors (Lipinski definition) is 4. The lowest BCUT2D eigenvalue weighted by atomic mass is 10.1.